The minimum Gasteiger partial charge on any atom is -0.335 e. The molecule has 10 heteroatoms. The number of hydrogen-bond donors (Lipinski definition) is 2. The third-order valence-electron chi connectivity index (χ3n) is 3.88. The minimum atomic E-state index is -4.68. The third kappa shape index (κ3) is 3.37. The molecule has 2 aromatic rings. The van der Waals surface area contributed by atoms with Gasteiger partial charge < -0.3 is 9.88 Å². The summed E-state index contributed by atoms with van der Waals surface area (Å²) < 4.78 is 60.6. The van der Waals surface area contributed by atoms with Crippen LogP contribution in [0.3, 0.4) is 0 Å². The van der Waals surface area contributed by atoms with Crippen molar-refractivity contribution in [2.75, 3.05) is 5.32 Å². The average Bonchev–Trinajstić information content (AvgIpc) is 2.67. The number of hydrogen-bond acceptors (Lipinski definition) is 3. The van der Waals surface area contributed by atoms with E-state index in [1.54, 1.807) is 6.08 Å². The van der Waals surface area contributed by atoms with Crippen LogP contribution in [0.5, 0.6) is 0 Å². The van der Waals surface area contributed by atoms with Crippen molar-refractivity contribution in [3.8, 4) is 0 Å². The number of carbonyl (C=O) groups is 1. The van der Waals surface area contributed by atoms with E-state index in [-0.39, 0.29) is 23.6 Å². The van der Waals surface area contributed by atoms with Gasteiger partial charge in [-0.3, -0.25) is 9.35 Å². The Kier molecular flexibility index (Phi) is 4.87. The molecule has 2 N–H and O–H groups in total. The predicted octanol–water partition coefficient (Wildman–Crippen LogP) is 3.73. The van der Waals surface area contributed by atoms with Crippen molar-refractivity contribution in [3.63, 3.8) is 0 Å². The summed E-state index contributed by atoms with van der Waals surface area (Å²) >= 11 is 6.09. The van der Waals surface area contributed by atoms with E-state index in [1.165, 1.54) is 10.6 Å². The maximum Gasteiger partial charge on any atom is 0.298 e. The van der Waals surface area contributed by atoms with E-state index in [9.17, 15) is 26.5 Å². The highest BCUT2D eigenvalue weighted by Gasteiger charge is 2.31. The second-order valence-corrected chi connectivity index (χ2v) is 7.37. The van der Waals surface area contributed by atoms with Gasteiger partial charge in [-0.05, 0) is 31.1 Å². The first-order chi connectivity index (χ1) is 12.2. The van der Waals surface area contributed by atoms with Gasteiger partial charge in [-0.1, -0.05) is 17.7 Å². The van der Waals surface area contributed by atoms with Crippen molar-refractivity contribution >= 4 is 39.4 Å². The van der Waals surface area contributed by atoms with Crippen LogP contribution in [-0.4, -0.2) is 23.4 Å². The highest BCUT2D eigenvalue weighted by atomic mass is 35.5. The van der Waals surface area contributed by atoms with Crippen LogP contribution in [0.15, 0.2) is 29.2 Å². The van der Waals surface area contributed by atoms with Crippen molar-refractivity contribution < 1.29 is 26.5 Å². The van der Waals surface area contributed by atoms with Crippen LogP contribution in [0, 0.1) is 11.6 Å². The summed E-state index contributed by atoms with van der Waals surface area (Å²) in [6.45, 7) is 0.290. The molecule has 1 aromatic heterocycles. The van der Waals surface area contributed by atoms with E-state index in [4.69, 9.17) is 11.6 Å². The molecule has 0 bridgehead atoms. The monoisotopic (exact) mass is 402 g/mol. The molecule has 0 fully saturated rings. The molecule has 0 atom stereocenters. The zero-order chi connectivity index (χ0) is 19.1. The molecular weight excluding hydrogens is 390 g/mol. The molecule has 6 nitrogen and oxygen atoms in total. The molecule has 1 aliphatic heterocycles. The predicted molar refractivity (Wildman–Crippen MR) is 91.8 cm³/mol. The molecule has 3 rings (SSSR count). The second-order valence-electron chi connectivity index (χ2n) is 5.63. The zero-order valence-electron chi connectivity index (χ0n) is 13.2. The summed E-state index contributed by atoms with van der Waals surface area (Å²) in [5.74, 6) is -3.03. The van der Waals surface area contributed by atoms with Gasteiger partial charge in [0.1, 0.15) is 10.6 Å². The number of nitrogens with one attached hydrogen (secondary N) is 1. The number of aromatic nitrogens is 1. The lowest BCUT2D eigenvalue weighted by molar-refractivity contribution is 0.101. The largest absolute Gasteiger partial charge is 0.335 e. The fourth-order valence-electron chi connectivity index (χ4n) is 2.77. The van der Waals surface area contributed by atoms with Crippen LogP contribution in [0.1, 0.15) is 29.0 Å². The average molecular weight is 403 g/mol. The molecule has 138 valence electrons. The SMILES string of the molecule is O=C(Nc1ccc(F)c(F)c1)c1c(Cl)c(S(=O)(=O)O)c2n1CCCC=C2. The van der Waals surface area contributed by atoms with Gasteiger partial charge in [-0.15, -0.1) is 0 Å². The summed E-state index contributed by atoms with van der Waals surface area (Å²) in [7, 11) is -4.68. The molecule has 26 heavy (non-hydrogen) atoms. The quantitative estimate of drug-likeness (QED) is 0.766. The Bertz CT molecular complexity index is 1030. The standard InChI is InChI=1S/C16H13ClF2N2O4S/c17-13-14(16(22)20-9-5-6-10(18)11(19)8-9)21-7-3-1-2-4-12(21)15(13)26(23,24)25/h2,4-6,8H,1,3,7H2,(H,20,22)(H,23,24,25). The highest BCUT2D eigenvalue weighted by Crippen LogP contribution is 2.35. The number of amides is 1. The third-order valence-corrected chi connectivity index (χ3v) is 5.29. The number of benzene rings is 1. The first-order valence-corrected chi connectivity index (χ1v) is 9.34. The van der Waals surface area contributed by atoms with Crippen molar-refractivity contribution in [2.45, 2.75) is 24.3 Å². The number of carbonyl (C=O) groups excluding carboxylic acids is 1. The molecule has 0 saturated carbocycles. The molecular formula is C16H13ClF2N2O4S. The van der Waals surface area contributed by atoms with E-state index >= 15 is 0 Å². The van der Waals surface area contributed by atoms with Crippen molar-refractivity contribution in [3.05, 3.63) is 52.3 Å². The van der Waals surface area contributed by atoms with E-state index in [1.807, 2.05) is 0 Å². The van der Waals surface area contributed by atoms with Crippen molar-refractivity contribution in [1.29, 1.82) is 0 Å². The van der Waals surface area contributed by atoms with Gasteiger partial charge in [0, 0.05) is 18.3 Å². The summed E-state index contributed by atoms with van der Waals surface area (Å²) in [4.78, 5) is 12.1. The van der Waals surface area contributed by atoms with Crippen LogP contribution in [-0.2, 0) is 16.7 Å². The maximum atomic E-state index is 13.3. The molecule has 0 radical (unpaired) electrons. The van der Waals surface area contributed by atoms with Crippen LogP contribution < -0.4 is 5.32 Å². The van der Waals surface area contributed by atoms with Crippen molar-refractivity contribution in [1.82, 2.24) is 4.57 Å². The number of anilines is 1. The van der Waals surface area contributed by atoms with Gasteiger partial charge in [0.25, 0.3) is 16.0 Å². The normalized spacial score (nSPS) is 14.0. The topological polar surface area (TPSA) is 88.4 Å². The Hall–Kier alpha value is -2.23. The molecule has 1 aliphatic rings. The van der Waals surface area contributed by atoms with Crippen LogP contribution in [0.4, 0.5) is 14.5 Å². The van der Waals surface area contributed by atoms with E-state index in [0.717, 1.165) is 18.2 Å². The Morgan fingerprint density at radius 2 is 2.00 bits per heavy atom. The molecule has 1 amide bonds. The minimum absolute atomic E-state index is 0.0295. The maximum absolute atomic E-state index is 13.3. The van der Waals surface area contributed by atoms with Gasteiger partial charge in [0.15, 0.2) is 11.6 Å². The Morgan fingerprint density at radius 3 is 2.65 bits per heavy atom. The zero-order valence-corrected chi connectivity index (χ0v) is 14.7. The van der Waals surface area contributed by atoms with Gasteiger partial charge >= 0.3 is 0 Å². The lowest BCUT2D eigenvalue weighted by atomic mass is 10.2. The summed E-state index contributed by atoms with van der Waals surface area (Å²) in [5.41, 5.74) is -0.130. The fourth-order valence-corrected chi connectivity index (χ4v) is 4.12. The Balaban J connectivity index is 2.10. The number of rotatable bonds is 3. The first-order valence-electron chi connectivity index (χ1n) is 7.52. The number of nitrogens with zero attached hydrogens (tertiary/aromatic N) is 1. The number of fused-ring (bicyclic) bond motifs is 1. The summed E-state index contributed by atoms with van der Waals surface area (Å²) in [6, 6.07) is 2.79. The first kappa shape index (κ1) is 18.6. The van der Waals surface area contributed by atoms with Crippen LogP contribution >= 0.6 is 11.6 Å². The molecule has 0 unspecified atom stereocenters. The summed E-state index contributed by atoms with van der Waals surface area (Å²) in [5, 5.41) is 1.91. The summed E-state index contributed by atoms with van der Waals surface area (Å²) in [6.07, 6.45) is 4.44. The number of allylic oxidation sites excluding steroid dienone is 1. The van der Waals surface area contributed by atoms with E-state index < -0.39 is 37.6 Å². The number of halogens is 3. The molecule has 2 heterocycles. The van der Waals surface area contributed by atoms with Crippen LogP contribution in [0.2, 0.25) is 5.02 Å². The Morgan fingerprint density at radius 1 is 1.27 bits per heavy atom. The van der Waals surface area contributed by atoms with E-state index in [0.29, 0.717) is 12.8 Å². The van der Waals surface area contributed by atoms with Crippen molar-refractivity contribution in [2.24, 2.45) is 0 Å². The smallest absolute Gasteiger partial charge is 0.298 e. The van der Waals surface area contributed by atoms with Gasteiger partial charge in [-0.25, -0.2) is 8.78 Å². The van der Waals surface area contributed by atoms with Gasteiger partial charge in [-0.2, -0.15) is 8.42 Å². The van der Waals surface area contributed by atoms with E-state index in [2.05, 4.69) is 5.32 Å². The Labute approximate surface area is 152 Å². The van der Waals surface area contributed by atoms with Gasteiger partial charge in [0.2, 0.25) is 0 Å². The molecule has 1 aromatic carbocycles. The lowest BCUT2D eigenvalue weighted by Gasteiger charge is -2.11. The second kappa shape index (κ2) is 6.82. The highest BCUT2D eigenvalue weighted by molar-refractivity contribution is 7.86. The van der Waals surface area contributed by atoms with Gasteiger partial charge in [0.05, 0.1) is 10.7 Å². The van der Waals surface area contributed by atoms with Crippen LogP contribution in [0.25, 0.3) is 6.08 Å². The molecule has 0 aliphatic carbocycles. The fraction of sp³-hybridized carbons (Fsp3) is 0.188. The molecule has 0 spiro atoms. The lowest BCUT2D eigenvalue weighted by Crippen LogP contribution is -2.18. The molecule has 0 saturated heterocycles.